The zero-order valence-electron chi connectivity index (χ0n) is 12.4. The molecule has 0 aromatic heterocycles. The van der Waals surface area contributed by atoms with Gasteiger partial charge in [0.2, 0.25) is 11.8 Å². The zero-order valence-corrected chi connectivity index (χ0v) is 13.2. The number of rotatable bonds is 6. The fraction of sp³-hybridized carbons (Fsp3) is 0.500. The first-order valence-electron chi connectivity index (χ1n) is 7.31. The van der Waals surface area contributed by atoms with Gasteiger partial charge in [-0.05, 0) is 37.0 Å². The summed E-state index contributed by atoms with van der Waals surface area (Å²) in [6.07, 6.45) is 0.946. The van der Waals surface area contributed by atoms with Gasteiger partial charge in [0.1, 0.15) is 0 Å². The van der Waals surface area contributed by atoms with Crippen molar-refractivity contribution in [3.8, 4) is 0 Å². The molecule has 0 heterocycles. The van der Waals surface area contributed by atoms with Gasteiger partial charge >= 0.3 is 0 Å². The molecule has 2 atom stereocenters. The lowest BCUT2D eigenvalue weighted by atomic mass is 10.2. The van der Waals surface area contributed by atoms with Gasteiger partial charge in [0.25, 0.3) is 0 Å². The Balaban J connectivity index is 1.80. The van der Waals surface area contributed by atoms with Gasteiger partial charge in [-0.25, -0.2) is 0 Å². The number of nitrogens with one attached hydrogen (secondary N) is 1. The molecule has 0 spiro atoms. The summed E-state index contributed by atoms with van der Waals surface area (Å²) in [5.41, 5.74) is 0.984. The van der Waals surface area contributed by atoms with Crippen LogP contribution >= 0.6 is 11.6 Å². The molecule has 1 aliphatic rings. The molecule has 21 heavy (non-hydrogen) atoms. The summed E-state index contributed by atoms with van der Waals surface area (Å²) in [4.78, 5) is 25.7. The van der Waals surface area contributed by atoms with Crippen molar-refractivity contribution in [2.75, 3.05) is 13.1 Å². The summed E-state index contributed by atoms with van der Waals surface area (Å²) in [6.45, 7) is 5.11. The number of nitrogens with zero attached hydrogens (tertiary/aromatic N) is 1. The number of carbonyl (C=O) groups is 2. The monoisotopic (exact) mass is 308 g/mol. The van der Waals surface area contributed by atoms with Crippen molar-refractivity contribution in [3.05, 3.63) is 34.9 Å². The van der Waals surface area contributed by atoms with Crippen molar-refractivity contribution in [3.63, 3.8) is 0 Å². The highest BCUT2D eigenvalue weighted by Gasteiger charge is 2.41. The number of likely N-dealkylation sites (N-methyl/N-ethyl adjacent to an activating group) is 1. The Bertz CT molecular complexity index is 516. The van der Waals surface area contributed by atoms with E-state index in [2.05, 4.69) is 12.2 Å². The van der Waals surface area contributed by atoms with Crippen molar-refractivity contribution in [2.45, 2.75) is 26.8 Å². The Hall–Kier alpha value is -1.55. The SMILES string of the molecule is CCN(CC(=O)NCc1ccc(Cl)cc1)C(=O)[C@@H]1C[C@H]1C. The lowest BCUT2D eigenvalue weighted by molar-refractivity contribution is -0.137. The third kappa shape index (κ3) is 4.46. The van der Waals surface area contributed by atoms with Gasteiger partial charge in [-0.3, -0.25) is 9.59 Å². The zero-order chi connectivity index (χ0) is 15.4. The molecule has 1 saturated carbocycles. The van der Waals surface area contributed by atoms with Gasteiger partial charge in [-0.1, -0.05) is 30.7 Å². The van der Waals surface area contributed by atoms with Crippen LogP contribution < -0.4 is 5.32 Å². The van der Waals surface area contributed by atoms with E-state index < -0.39 is 0 Å². The summed E-state index contributed by atoms with van der Waals surface area (Å²) in [5, 5.41) is 3.51. The van der Waals surface area contributed by atoms with E-state index in [-0.39, 0.29) is 24.3 Å². The number of hydrogen-bond acceptors (Lipinski definition) is 2. The molecule has 2 rings (SSSR count). The second-order valence-electron chi connectivity index (χ2n) is 5.58. The Morgan fingerprint density at radius 2 is 1.95 bits per heavy atom. The average Bonchev–Trinajstić information content (AvgIpc) is 3.20. The third-order valence-corrected chi connectivity index (χ3v) is 4.11. The maximum atomic E-state index is 12.1. The molecule has 0 radical (unpaired) electrons. The van der Waals surface area contributed by atoms with Crippen LogP contribution in [0.3, 0.4) is 0 Å². The Morgan fingerprint density at radius 1 is 1.33 bits per heavy atom. The predicted molar refractivity (Wildman–Crippen MR) is 82.8 cm³/mol. The van der Waals surface area contributed by atoms with Gasteiger partial charge in [-0.2, -0.15) is 0 Å². The fourth-order valence-corrected chi connectivity index (χ4v) is 2.40. The quantitative estimate of drug-likeness (QED) is 0.877. The van der Waals surface area contributed by atoms with E-state index in [1.54, 1.807) is 17.0 Å². The smallest absolute Gasteiger partial charge is 0.239 e. The number of halogens is 1. The first kappa shape index (κ1) is 15.8. The van der Waals surface area contributed by atoms with E-state index >= 15 is 0 Å². The second kappa shape index (κ2) is 6.94. The van der Waals surface area contributed by atoms with Crippen molar-refractivity contribution in [1.82, 2.24) is 10.2 Å². The van der Waals surface area contributed by atoms with Crippen LogP contribution in [0.15, 0.2) is 24.3 Å². The van der Waals surface area contributed by atoms with Crippen molar-refractivity contribution in [2.24, 2.45) is 11.8 Å². The molecule has 1 aliphatic carbocycles. The van der Waals surface area contributed by atoms with E-state index in [4.69, 9.17) is 11.6 Å². The van der Waals surface area contributed by atoms with Crippen molar-refractivity contribution in [1.29, 1.82) is 0 Å². The molecule has 5 heteroatoms. The van der Waals surface area contributed by atoms with Crippen LogP contribution in [0.2, 0.25) is 5.02 Å². The summed E-state index contributed by atoms with van der Waals surface area (Å²) in [6, 6.07) is 7.33. The van der Waals surface area contributed by atoms with Gasteiger partial charge in [0.15, 0.2) is 0 Å². The highest BCUT2D eigenvalue weighted by atomic mass is 35.5. The number of hydrogen-bond donors (Lipinski definition) is 1. The molecular weight excluding hydrogens is 288 g/mol. The topological polar surface area (TPSA) is 49.4 Å². The van der Waals surface area contributed by atoms with Gasteiger partial charge in [-0.15, -0.1) is 0 Å². The summed E-state index contributed by atoms with van der Waals surface area (Å²) < 4.78 is 0. The van der Waals surface area contributed by atoms with E-state index in [0.717, 1.165) is 12.0 Å². The van der Waals surface area contributed by atoms with Crippen LogP contribution in [0, 0.1) is 11.8 Å². The van der Waals surface area contributed by atoms with Crippen LogP contribution in [-0.2, 0) is 16.1 Å². The van der Waals surface area contributed by atoms with Crippen molar-refractivity contribution < 1.29 is 9.59 Å². The third-order valence-electron chi connectivity index (χ3n) is 3.86. The first-order valence-corrected chi connectivity index (χ1v) is 7.69. The predicted octanol–water partition coefficient (Wildman–Crippen LogP) is 2.46. The molecule has 2 amide bonds. The van der Waals surface area contributed by atoms with Crippen LogP contribution in [-0.4, -0.2) is 29.8 Å². The molecule has 0 aliphatic heterocycles. The normalized spacial score (nSPS) is 20.0. The van der Waals surface area contributed by atoms with E-state index in [9.17, 15) is 9.59 Å². The minimum absolute atomic E-state index is 0.103. The fourth-order valence-electron chi connectivity index (χ4n) is 2.28. The Labute approximate surface area is 130 Å². The molecule has 114 valence electrons. The van der Waals surface area contributed by atoms with Gasteiger partial charge in [0, 0.05) is 24.0 Å². The molecule has 1 aromatic carbocycles. The summed E-state index contributed by atoms with van der Waals surface area (Å²) in [7, 11) is 0. The van der Waals surface area contributed by atoms with Gasteiger partial charge < -0.3 is 10.2 Å². The number of amides is 2. The minimum atomic E-state index is -0.131. The number of carbonyl (C=O) groups excluding carboxylic acids is 2. The average molecular weight is 309 g/mol. The standard InChI is InChI=1S/C16H21ClN2O2/c1-3-19(16(21)14-8-11(14)2)10-15(20)18-9-12-4-6-13(17)7-5-12/h4-7,11,14H,3,8-10H2,1-2H3,(H,18,20)/t11-,14-/m1/s1. The molecule has 1 N–H and O–H groups in total. The highest BCUT2D eigenvalue weighted by Crippen LogP contribution is 2.39. The molecule has 0 saturated heterocycles. The summed E-state index contributed by atoms with van der Waals surface area (Å²) >= 11 is 5.81. The lowest BCUT2D eigenvalue weighted by Crippen LogP contribution is -2.41. The Kier molecular flexibility index (Phi) is 5.23. The number of benzene rings is 1. The molecule has 1 aromatic rings. The Morgan fingerprint density at radius 3 is 2.48 bits per heavy atom. The molecule has 0 unspecified atom stereocenters. The maximum Gasteiger partial charge on any atom is 0.239 e. The molecule has 0 bridgehead atoms. The van der Waals surface area contributed by atoms with Crippen LogP contribution in [0.5, 0.6) is 0 Å². The lowest BCUT2D eigenvalue weighted by Gasteiger charge is -2.20. The highest BCUT2D eigenvalue weighted by molar-refractivity contribution is 6.30. The van der Waals surface area contributed by atoms with E-state index in [1.165, 1.54) is 0 Å². The first-order chi connectivity index (χ1) is 10.0. The molecule has 1 fully saturated rings. The molecular formula is C16H21ClN2O2. The maximum absolute atomic E-state index is 12.1. The van der Waals surface area contributed by atoms with Gasteiger partial charge in [0.05, 0.1) is 6.54 Å². The second-order valence-corrected chi connectivity index (χ2v) is 6.01. The van der Waals surface area contributed by atoms with E-state index in [0.29, 0.717) is 24.0 Å². The van der Waals surface area contributed by atoms with Crippen LogP contribution in [0.4, 0.5) is 0 Å². The summed E-state index contributed by atoms with van der Waals surface area (Å²) in [5.74, 6) is 0.554. The van der Waals surface area contributed by atoms with Crippen LogP contribution in [0.1, 0.15) is 25.8 Å². The van der Waals surface area contributed by atoms with Crippen molar-refractivity contribution >= 4 is 23.4 Å². The molecule has 4 nitrogen and oxygen atoms in total. The minimum Gasteiger partial charge on any atom is -0.350 e. The largest absolute Gasteiger partial charge is 0.350 e. The van der Waals surface area contributed by atoms with Crippen LogP contribution in [0.25, 0.3) is 0 Å². The van der Waals surface area contributed by atoms with E-state index in [1.807, 2.05) is 19.1 Å².